The van der Waals surface area contributed by atoms with Crippen LogP contribution in [0.4, 0.5) is 16.4 Å². The lowest BCUT2D eigenvalue weighted by molar-refractivity contribution is 0.122. The third-order valence-corrected chi connectivity index (χ3v) is 8.44. The number of nitrogens with zero attached hydrogens (tertiary/aromatic N) is 6. The average molecular weight is 538 g/mol. The summed E-state index contributed by atoms with van der Waals surface area (Å²) >= 11 is 0. The van der Waals surface area contributed by atoms with Crippen LogP contribution in [0, 0.1) is 5.92 Å². The van der Waals surface area contributed by atoms with E-state index in [-0.39, 0.29) is 11.9 Å². The van der Waals surface area contributed by atoms with Gasteiger partial charge in [0.05, 0.1) is 32.2 Å². The zero-order valence-electron chi connectivity index (χ0n) is 22.6. The Labute approximate surface area is 229 Å². The highest BCUT2D eigenvalue weighted by atomic mass is 16.6. The molecule has 210 valence electrons. The van der Waals surface area contributed by atoms with Gasteiger partial charge in [0, 0.05) is 63.5 Å². The lowest BCUT2D eigenvalue weighted by atomic mass is 9.84. The molecule has 1 aliphatic carbocycles. The van der Waals surface area contributed by atoms with E-state index in [1.54, 1.807) is 6.20 Å². The molecule has 4 aliphatic rings. The molecule has 0 aromatic carbocycles. The molecule has 2 saturated heterocycles. The maximum absolute atomic E-state index is 12.4. The summed E-state index contributed by atoms with van der Waals surface area (Å²) in [6, 6.07) is 2.14. The highest BCUT2D eigenvalue weighted by Crippen LogP contribution is 2.32. The van der Waals surface area contributed by atoms with Gasteiger partial charge in [0.25, 0.3) is 0 Å². The molecule has 0 atom stereocenters. The Morgan fingerprint density at radius 1 is 0.949 bits per heavy atom. The number of morpholine rings is 1. The van der Waals surface area contributed by atoms with E-state index < -0.39 is 6.09 Å². The minimum absolute atomic E-state index is 0.155. The Balaban J connectivity index is 0.874. The molecule has 1 saturated carbocycles. The van der Waals surface area contributed by atoms with E-state index in [1.165, 1.54) is 18.2 Å². The number of pyridine rings is 1. The van der Waals surface area contributed by atoms with Gasteiger partial charge in [0.15, 0.2) is 0 Å². The molecule has 6 rings (SSSR count). The van der Waals surface area contributed by atoms with Crippen molar-refractivity contribution < 1.29 is 19.0 Å². The Morgan fingerprint density at radius 3 is 2.54 bits per heavy atom. The first-order valence-electron chi connectivity index (χ1n) is 14.4. The molecule has 3 fully saturated rings. The number of rotatable bonds is 7. The minimum atomic E-state index is -0.449. The van der Waals surface area contributed by atoms with Crippen LogP contribution in [-0.4, -0.2) is 97.6 Å². The van der Waals surface area contributed by atoms with Crippen LogP contribution in [0.25, 0.3) is 0 Å². The highest BCUT2D eigenvalue weighted by Gasteiger charge is 2.27. The van der Waals surface area contributed by atoms with E-state index in [1.807, 2.05) is 12.3 Å². The van der Waals surface area contributed by atoms with Crippen molar-refractivity contribution in [2.24, 2.45) is 5.92 Å². The molecule has 2 aromatic heterocycles. The van der Waals surface area contributed by atoms with E-state index in [0.29, 0.717) is 19.1 Å². The largest absolute Gasteiger partial charge is 0.493 e. The van der Waals surface area contributed by atoms with Crippen molar-refractivity contribution in [3.05, 3.63) is 30.2 Å². The molecular weight excluding hydrogens is 498 g/mol. The summed E-state index contributed by atoms with van der Waals surface area (Å²) < 4.78 is 16.5. The molecule has 0 radical (unpaired) electrons. The summed E-state index contributed by atoms with van der Waals surface area (Å²) in [6.07, 6.45) is 11.0. The van der Waals surface area contributed by atoms with Crippen LogP contribution in [-0.2, 0) is 11.2 Å². The van der Waals surface area contributed by atoms with Gasteiger partial charge in [-0.2, -0.15) is 0 Å². The maximum atomic E-state index is 12.4. The molecule has 3 aliphatic heterocycles. The number of carbonyl (C=O) groups is 1. The predicted molar refractivity (Wildman–Crippen MR) is 147 cm³/mol. The summed E-state index contributed by atoms with van der Waals surface area (Å²) in [5.74, 6) is 3.84. The quantitative estimate of drug-likeness (QED) is 0.566. The smallest absolute Gasteiger partial charge is 0.414 e. The van der Waals surface area contributed by atoms with Crippen molar-refractivity contribution >= 4 is 17.7 Å². The number of anilines is 2. The SMILES string of the molecule is O=C(N[C@H]1CC[C@H](CCN2CCN(c3nccc4c3CCO4)CC2)CC1)Oc1cnc(N2CCOCC2)cn1. The van der Waals surface area contributed by atoms with E-state index >= 15 is 0 Å². The number of piperazine rings is 1. The van der Waals surface area contributed by atoms with Gasteiger partial charge in [0.1, 0.15) is 17.4 Å². The molecular formula is C28H39N7O4. The van der Waals surface area contributed by atoms with Crippen molar-refractivity contribution in [3.63, 3.8) is 0 Å². The van der Waals surface area contributed by atoms with Crippen LogP contribution in [0.15, 0.2) is 24.7 Å². The van der Waals surface area contributed by atoms with Crippen molar-refractivity contribution in [2.45, 2.75) is 44.6 Å². The van der Waals surface area contributed by atoms with Gasteiger partial charge in [0.2, 0.25) is 5.88 Å². The third kappa shape index (κ3) is 6.52. The number of amides is 1. The van der Waals surface area contributed by atoms with Crippen LogP contribution >= 0.6 is 0 Å². The molecule has 5 heterocycles. The second-order valence-corrected chi connectivity index (χ2v) is 10.9. The fourth-order valence-electron chi connectivity index (χ4n) is 6.12. The van der Waals surface area contributed by atoms with E-state index in [0.717, 1.165) is 102 Å². The number of carbonyl (C=O) groups excluding carboxylic acids is 1. The summed E-state index contributed by atoms with van der Waals surface area (Å²) in [4.78, 5) is 32.9. The minimum Gasteiger partial charge on any atom is -0.493 e. The van der Waals surface area contributed by atoms with Gasteiger partial charge in [-0.15, -0.1) is 0 Å². The van der Waals surface area contributed by atoms with Crippen LogP contribution < -0.4 is 24.6 Å². The molecule has 11 nitrogen and oxygen atoms in total. The van der Waals surface area contributed by atoms with Crippen molar-refractivity contribution in [1.29, 1.82) is 0 Å². The normalized spacial score (nSPS) is 23.7. The van der Waals surface area contributed by atoms with Crippen LogP contribution in [0.3, 0.4) is 0 Å². The lowest BCUT2D eigenvalue weighted by Crippen LogP contribution is -2.47. The molecule has 1 amide bonds. The number of hydrogen-bond donors (Lipinski definition) is 1. The number of hydrogen-bond acceptors (Lipinski definition) is 10. The summed E-state index contributed by atoms with van der Waals surface area (Å²) in [5.41, 5.74) is 1.27. The first kappa shape index (κ1) is 26.1. The fraction of sp³-hybridized carbons (Fsp3) is 0.643. The van der Waals surface area contributed by atoms with Gasteiger partial charge in [-0.1, -0.05) is 0 Å². The van der Waals surface area contributed by atoms with Gasteiger partial charge in [-0.05, 0) is 50.6 Å². The Kier molecular flexibility index (Phi) is 8.24. The van der Waals surface area contributed by atoms with E-state index in [2.05, 4.69) is 35.0 Å². The van der Waals surface area contributed by atoms with Gasteiger partial charge < -0.3 is 29.3 Å². The van der Waals surface area contributed by atoms with E-state index in [4.69, 9.17) is 14.2 Å². The van der Waals surface area contributed by atoms with Crippen LogP contribution in [0.1, 0.15) is 37.7 Å². The fourth-order valence-corrected chi connectivity index (χ4v) is 6.12. The molecule has 0 spiro atoms. The van der Waals surface area contributed by atoms with Crippen molar-refractivity contribution in [1.82, 2.24) is 25.2 Å². The number of nitrogens with one attached hydrogen (secondary N) is 1. The Hall–Kier alpha value is -3.18. The van der Waals surface area contributed by atoms with Gasteiger partial charge >= 0.3 is 6.09 Å². The number of ether oxygens (including phenoxy) is 3. The molecule has 0 bridgehead atoms. The second kappa shape index (κ2) is 12.3. The van der Waals surface area contributed by atoms with Crippen LogP contribution in [0.5, 0.6) is 11.6 Å². The zero-order valence-corrected chi connectivity index (χ0v) is 22.6. The summed E-state index contributed by atoms with van der Waals surface area (Å²) in [5, 5.41) is 3.02. The second-order valence-electron chi connectivity index (χ2n) is 10.9. The monoisotopic (exact) mass is 537 g/mol. The third-order valence-electron chi connectivity index (χ3n) is 8.44. The maximum Gasteiger partial charge on any atom is 0.414 e. The average Bonchev–Trinajstić information content (AvgIpc) is 3.47. The summed E-state index contributed by atoms with van der Waals surface area (Å²) in [7, 11) is 0. The van der Waals surface area contributed by atoms with Gasteiger partial charge in [-0.3, -0.25) is 4.90 Å². The Morgan fingerprint density at radius 2 is 1.77 bits per heavy atom. The number of aromatic nitrogens is 3. The lowest BCUT2D eigenvalue weighted by Gasteiger charge is -2.37. The standard InChI is InChI=1S/C28H39N7O4/c36-28(39-26-20-30-25(19-31-26)34-14-17-37-18-15-34)32-22-3-1-21(2-4-22)6-9-33-10-12-35(13-11-33)27-23-7-16-38-24(23)5-8-29-27/h5,8,19-22H,1-4,6-7,9-18H2,(H,32,36)/t21-,22-. The molecule has 11 heteroatoms. The summed E-state index contributed by atoms with van der Waals surface area (Å²) in [6.45, 7) is 9.04. The molecule has 0 unspecified atom stereocenters. The highest BCUT2D eigenvalue weighted by molar-refractivity contribution is 5.70. The first-order chi connectivity index (χ1) is 19.2. The van der Waals surface area contributed by atoms with Crippen molar-refractivity contribution in [2.75, 3.05) is 75.4 Å². The van der Waals surface area contributed by atoms with Crippen LogP contribution in [0.2, 0.25) is 0 Å². The van der Waals surface area contributed by atoms with E-state index in [9.17, 15) is 4.79 Å². The zero-order chi connectivity index (χ0) is 26.4. The molecule has 39 heavy (non-hydrogen) atoms. The topological polar surface area (TPSA) is 105 Å². The van der Waals surface area contributed by atoms with Gasteiger partial charge in [-0.25, -0.2) is 19.7 Å². The number of fused-ring (bicyclic) bond motifs is 1. The molecule has 2 aromatic rings. The first-order valence-corrected chi connectivity index (χ1v) is 14.4. The molecule has 1 N–H and O–H groups in total. The van der Waals surface area contributed by atoms with Crippen molar-refractivity contribution in [3.8, 4) is 11.6 Å². The predicted octanol–water partition coefficient (Wildman–Crippen LogP) is 2.50. The Bertz CT molecular complexity index is 1100.